The Balaban J connectivity index is 2.38. The highest BCUT2D eigenvalue weighted by Crippen LogP contribution is 2.43. The van der Waals surface area contributed by atoms with E-state index in [1.807, 2.05) is 0 Å². The molecule has 1 saturated carbocycles. The second kappa shape index (κ2) is 3.72. The molecule has 1 aliphatic rings. The molecule has 1 unspecified atom stereocenters. The summed E-state index contributed by atoms with van der Waals surface area (Å²) in [4.78, 5) is 0. The van der Waals surface area contributed by atoms with Crippen LogP contribution in [0.2, 0.25) is 10.3 Å². The normalized spacial score (nSPS) is 17.5. The second-order valence-corrected chi connectivity index (χ2v) is 4.10. The van der Waals surface area contributed by atoms with Gasteiger partial charge in [-0.05, 0) is 24.8 Å². The zero-order valence-corrected chi connectivity index (χ0v) is 8.76. The quantitative estimate of drug-likeness (QED) is 0.781. The standard InChI is InChI=1S/C9H7Cl2N3/c10-8-3-6(9(11)14-13-8)7(4-12)5-1-2-5/h3,5,7H,1-2H2. The average Bonchev–Trinajstić information content (AvgIpc) is 2.96. The van der Waals surface area contributed by atoms with Crippen molar-refractivity contribution in [3.63, 3.8) is 0 Å². The molecular weight excluding hydrogens is 221 g/mol. The summed E-state index contributed by atoms with van der Waals surface area (Å²) >= 11 is 11.6. The van der Waals surface area contributed by atoms with Crippen LogP contribution in [-0.2, 0) is 0 Å². The van der Waals surface area contributed by atoms with Crippen LogP contribution < -0.4 is 0 Å². The van der Waals surface area contributed by atoms with Crippen molar-refractivity contribution in [2.24, 2.45) is 5.92 Å². The molecular formula is C9H7Cl2N3. The summed E-state index contributed by atoms with van der Waals surface area (Å²) in [6, 6.07) is 3.87. The van der Waals surface area contributed by atoms with Crippen LogP contribution in [0.3, 0.4) is 0 Å². The molecule has 0 N–H and O–H groups in total. The van der Waals surface area contributed by atoms with Gasteiger partial charge in [-0.2, -0.15) is 5.26 Å². The van der Waals surface area contributed by atoms with Crippen LogP contribution in [0.15, 0.2) is 6.07 Å². The molecule has 72 valence electrons. The third kappa shape index (κ3) is 1.82. The van der Waals surface area contributed by atoms with Crippen molar-refractivity contribution in [3.8, 4) is 6.07 Å². The number of hydrogen-bond acceptors (Lipinski definition) is 3. The van der Waals surface area contributed by atoms with Crippen molar-refractivity contribution in [2.75, 3.05) is 0 Å². The maximum Gasteiger partial charge on any atom is 0.156 e. The Morgan fingerprint density at radius 3 is 2.71 bits per heavy atom. The highest BCUT2D eigenvalue weighted by molar-refractivity contribution is 6.31. The first-order valence-corrected chi connectivity index (χ1v) is 5.06. The van der Waals surface area contributed by atoms with Crippen LogP contribution in [0.5, 0.6) is 0 Å². The van der Waals surface area contributed by atoms with Gasteiger partial charge in [0.1, 0.15) is 0 Å². The lowest BCUT2D eigenvalue weighted by Crippen LogP contribution is -2.01. The SMILES string of the molecule is N#CC(c1cc(Cl)nnc1Cl)C1CC1. The Labute approximate surface area is 91.7 Å². The Morgan fingerprint density at radius 1 is 1.43 bits per heavy atom. The number of aromatic nitrogens is 2. The van der Waals surface area contributed by atoms with Crippen molar-refractivity contribution >= 4 is 23.2 Å². The summed E-state index contributed by atoms with van der Waals surface area (Å²) in [5.41, 5.74) is 0.705. The van der Waals surface area contributed by atoms with Gasteiger partial charge in [0.15, 0.2) is 10.3 Å². The molecule has 0 spiro atoms. The summed E-state index contributed by atoms with van der Waals surface area (Å²) in [5.74, 6) is 0.230. The monoisotopic (exact) mass is 227 g/mol. The van der Waals surface area contributed by atoms with Gasteiger partial charge in [0.2, 0.25) is 0 Å². The number of rotatable bonds is 2. The molecule has 0 bridgehead atoms. The zero-order chi connectivity index (χ0) is 10.1. The van der Waals surface area contributed by atoms with E-state index in [9.17, 15) is 0 Å². The minimum atomic E-state index is -0.185. The van der Waals surface area contributed by atoms with E-state index in [2.05, 4.69) is 16.3 Å². The molecule has 0 saturated heterocycles. The van der Waals surface area contributed by atoms with Gasteiger partial charge in [0.05, 0.1) is 12.0 Å². The summed E-state index contributed by atoms with van der Waals surface area (Å²) < 4.78 is 0. The topological polar surface area (TPSA) is 49.6 Å². The van der Waals surface area contributed by atoms with Gasteiger partial charge < -0.3 is 0 Å². The van der Waals surface area contributed by atoms with Gasteiger partial charge in [0, 0.05) is 5.56 Å². The molecule has 0 radical (unpaired) electrons. The van der Waals surface area contributed by atoms with Crippen molar-refractivity contribution in [2.45, 2.75) is 18.8 Å². The number of hydrogen-bond donors (Lipinski definition) is 0. The van der Waals surface area contributed by atoms with Crippen LogP contribution in [0, 0.1) is 17.2 Å². The lowest BCUT2D eigenvalue weighted by Gasteiger charge is -2.08. The van der Waals surface area contributed by atoms with Gasteiger partial charge in [-0.1, -0.05) is 23.2 Å². The van der Waals surface area contributed by atoms with Crippen LogP contribution in [0.25, 0.3) is 0 Å². The zero-order valence-electron chi connectivity index (χ0n) is 7.24. The molecule has 2 rings (SSSR count). The van der Waals surface area contributed by atoms with Gasteiger partial charge in [-0.25, -0.2) is 0 Å². The molecule has 0 aliphatic heterocycles. The Morgan fingerprint density at radius 2 is 2.14 bits per heavy atom. The second-order valence-electron chi connectivity index (χ2n) is 3.36. The molecule has 1 aliphatic carbocycles. The van der Waals surface area contributed by atoms with E-state index < -0.39 is 0 Å². The summed E-state index contributed by atoms with van der Waals surface area (Å²) in [5, 5.41) is 16.9. The van der Waals surface area contributed by atoms with Crippen molar-refractivity contribution < 1.29 is 0 Å². The van der Waals surface area contributed by atoms with Crippen LogP contribution in [0.1, 0.15) is 24.3 Å². The maximum atomic E-state index is 9.01. The molecule has 1 fully saturated rings. The van der Waals surface area contributed by atoms with E-state index in [-0.39, 0.29) is 16.2 Å². The van der Waals surface area contributed by atoms with Gasteiger partial charge in [-0.15, -0.1) is 10.2 Å². The lowest BCUT2D eigenvalue weighted by molar-refractivity contribution is 0.731. The Kier molecular flexibility index (Phi) is 2.58. The van der Waals surface area contributed by atoms with Gasteiger partial charge in [0.25, 0.3) is 0 Å². The first-order valence-electron chi connectivity index (χ1n) is 4.30. The third-order valence-corrected chi connectivity index (χ3v) is 2.79. The maximum absolute atomic E-state index is 9.01. The number of nitriles is 1. The number of nitrogens with zero attached hydrogens (tertiary/aromatic N) is 3. The van der Waals surface area contributed by atoms with Crippen molar-refractivity contribution in [1.82, 2.24) is 10.2 Å². The fourth-order valence-corrected chi connectivity index (χ4v) is 1.81. The van der Waals surface area contributed by atoms with E-state index >= 15 is 0 Å². The predicted molar refractivity (Wildman–Crippen MR) is 53.1 cm³/mol. The van der Waals surface area contributed by atoms with Crippen molar-refractivity contribution in [1.29, 1.82) is 5.26 Å². The van der Waals surface area contributed by atoms with E-state index in [1.165, 1.54) is 0 Å². The lowest BCUT2D eigenvalue weighted by atomic mass is 9.98. The predicted octanol–water partition coefficient (Wildman–Crippen LogP) is 2.80. The number of halogens is 2. The molecule has 3 nitrogen and oxygen atoms in total. The first kappa shape index (κ1) is 9.70. The highest BCUT2D eigenvalue weighted by Gasteiger charge is 2.34. The third-order valence-electron chi connectivity index (χ3n) is 2.31. The molecule has 1 aromatic rings. The van der Waals surface area contributed by atoms with Gasteiger partial charge in [-0.3, -0.25) is 0 Å². The molecule has 0 aromatic carbocycles. The van der Waals surface area contributed by atoms with E-state index in [0.717, 1.165) is 12.8 Å². The van der Waals surface area contributed by atoms with E-state index in [0.29, 0.717) is 11.5 Å². The summed E-state index contributed by atoms with van der Waals surface area (Å²) in [6.07, 6.45) is 2.16. The summed E-state index contributed by atoms with van der Waals surface area (Å²) in [7, 11) is 0. The minimum Gasteiger partial charge on any atom is -0.198 e. The molecule has 1 heterocycles. The summed E-state index contributed by atoms with van der Waals surface area (Å²) in [6.45, 7) is 0. The first-order chi connectivity index (χ1) is 6.72. The molecule has 1 atom stereocenters. The van der Waals surface area contributed by atoms with E-state index in [4.69, 9.17) is 28.5 Å². The Hall–Kier alpha value is -0.850. The average molecular weight is 228 g/mol. The minimum absolute atomic E-state index is 0.185. The molecule has 1 aromatic heterocycles. The van der Waals surface area contributed by atoms with Gasteiger partial charge >= 0.3 is 0 Å². The molecule has 5 heteroatoms. The Bertz CT molecular complexity index is 396. The molecule has 0 amide bonds. The van der Waals surface area contributed by atoms with E-state index in [1.54, 1.807) is 6.07 Å². The van der Waals surface area contributed by atoms with Crippen LogP contribution in [-0.4, -0.2) is 10.2 Å². The van der Waals surface area contributed by atoms with Crippen LogP contribution in [0.4, 0.5) is 0 Å². The van der Waals surface area contributed by atoms with Crippen molar-refractivity contribution in [3.05, 3.63) is 21.9 Å². The molecule has 14 heavy (non-hydrogen) atoms. The fraction of sp³-hybridized carbons (Fsp3) is 0.444. The fourth-order valence-electron chi connectivity index (χ4n) is 1.44. The van der Waals surface area contributed by atoms with Crippen LogP contribution >= 0.6 is 23.2 Å². The smallest absolute Gasteiger partial charge is 0.156 e. The highest BCUT2D eigenvalue weighted by atomic mass is 35.5. The largest absolute Gasteiger partial charge is 0.198 e.